The minimum atomic E-state index is -0.671. The number of benzene rings is 1. The molecule has 0 aromatic heterocycles. The Kier molecular flexibility index (Phi) is 6.72. The minimum absolute atomic E-state index is 0.0382. The first-order chi connectivity index (χ1) is 11.7. The number of carbonyl (C=O) groups is 2. The Bertz CT molecular complexity index is 651. The van der Waals surface area contributed by atoms with Crippen LogP contribution in [0.25, 0.3) is 0 Å². The van der Waals surface area contributed by atoms with Gasteiger partial charge in [0.25, 0.3) is 0 Å². The third-order valence-corrected chi connectivity index (χ3v) is 5.29. The Morgan fingerprint density at radius 3 is 2.72 bits per heavy atom. The Labute approximate surface area is 159 Å². The smallest absolute Gasteiger partial charge is 0.239 e. The highest BCUT2D eigenvalue weighted by Crippen LogP contribution is 2.34. The predicted molar refractivity (Wildman–Crippen MR) is 102 cm³/mol. The molecule has 5 nitrogen and oxygen atoms in total. The van der Waals surface area contributed by atoms with Gasteiger partial charge in [-0.3, -0.25) is 9.59 Å². The molecule has 0 saturated carbocycles. The molecule has 0 aliphatic carbocycles. The van der Waals surface area contributed by atoms with Crippen LogP contribution in [0.15, 0.2) is 18.2 Å². The van der Waals surface area contributed by atoms with Crippen molar-refractivity contribution in [3.63, 3.8) is 0 Å². The summed E-state index contributed by atoms with van der Waals surface area (Å²) in [5.74, 6) is -0.705. The first-order valence-corrected chi connectivity index (χ1v) is 9.25. The van der Waals surface area contributed by atoms with Gasteiger partial charge in [-0.25, -0.2) is 0 Å². The number of hydrogen-bond donors (Lipinski definition) is 1. The van der Waals surface area contributed by atoms with Gasteiger partial charge in [-0.1, -0.05) is 37.0 Å². The molecule has 0 radical (unpaired) electrons. The Morgan fingerprint density at radius 2 is 2.08 bits per heavy atom. The quantitative estimate of drug-likeness (QED) is 0.764. The van der Waals surface area contributed by atoms with E-state index in [1.165, 1.54) is 0 Å². The lowest BCUT2D eigenvalue weighted by Crippen LogP contribution is -2.40. The van der Waals surface area contributed by atoms with Crippen LogP contribution in [0.5, 0.6) is 0 Å². The molecule has 1 aromatic rings. The van der Waals surface area contributed by atoms with E-state index in [2.05, 4.69) is 13.8 Å². The Balaban J connectivity index is 2.03. The lowest BCUT2D eigenvalue weighted by Gasteiger charge is -2.24. The van der Waals surface area contributed by atoms with Crippen LogP contribution in [0.1, 0.15) is 26.7 Å². The summed E-state index contributed by atoms with van der Waals surface area (Å²) >= 11 is 12.2. The predicted octanol–water partition coefficient (Wildman–Crippen LogP) is 3.18. The molecule has 1 heterocycles. The molecule has 1 aliphatic heterocycles. The van der Waals surface area contributed by atoms with Crippen molar-refractivity contribution in [2.24, 2.45) is 17.6 Å². The molecule has 2 amide bonds. The molecular weight excluding hydrogens is 361 g/mol. The van der Waals surface area contributed by atoms with Gasteiger partial charge in [0.2, 0.25) is 11.8 Å². The Hall–Kier alpha value is -1.30. The zero-order valence-electron chi connectivity index (χ0n) is 14.8. The van der Waals surface area contributed by atoms with Gasteiger partial charge in [-0.15, -0.1) is 0 Å². The fourth-order valence-corrected chi connectivity index (χ4v) is 3.28. The molecule has 2 N–H and O–H groups in total. The molecule has 138 valence electrons. The second-order valence-corrected chi connectivity index (χ2v) is 7.73. The zero-order valence-corrected chi connectivity index (χ0v) is 16.3. The topological polar surface area (TPSA) is 66.6 Å². The highest BCUT2D eigenvalue weighted by atomic mass is 35.5. The molecule has 1 aromatic carbocycles. The van der Waals surface area contributed by atoms with E-state index in [1.54, 1.807) is 35.0 Å². The van der Waals surface area contributed by atoms with E-state index in [4.69, 9.17) is 28.9 Å². The van der Waals surface area contributed by atoms with Crippen molar-refractivity contribution >= 4 is 40.7 Å². The first-order valence-electron chi connectivity index (χ1n) is 8.49. The summed E-state index contributed by atoms with van der Waals surface area (Å²) in [7, 11) is 1.72. The third kappa shape index (κ3) is 4.66. The van der Waals surface area contributed by atoms with Crippen molar-refractivity contribution < 1.29 is 9.59 Å². The van der Waals surface area contributed by atoms with Crippen LogP contribution in [-0.2, 0) is 9.59 Å². The first kappa shape index (κ1) is 20.0. The number of nitrogens with zero attached hydrogens (tertiary/aromatic N) is 2. The van der Waals surface area contributed by atoms with E-state index >= 15 is 0 Å². The van der Waals surface area contributed by atoms with Gasteiger partial charge in [0, 0.05) is 31.2 Å². The van der Waals surface area contributed by atoms with E-state index in [-0.39, 0.29) is 17.9 Å². The summed E-state index contributed by atoms with van der Waals surface area (Å²) in [5, 5.41) is 0.948. The number of nitrogens with two attached hydrogens (primary N) is 1. The van der Waals surface area contributed by atoms with Crippen molar-refractivity contribution in [3.8, 4) is 0 Å². The van der Waals surface area contributed by atoms with Gasteiger partial charge in [0.1, 0.15) is 5.92 Å². The molecule has 2 atom stereocenters. The summed E-state index contributed by atoms with van der Waals surface area (Å²) < 4.78 is 0. The normalized spacial score (nSPS) is 18.8. The Morgan fingerprint density at radius 1 is 1.40 bits per heavy atom. The van der Waals surface area contributed by atoms with Gasteiger partial charge in [-0.05, 0) is 37.0 Å². The molecule has 2 rings (SSSR count). The molecule has 0 bridgehead atoms. The number of hydrogen-bond acceptors (Lipinski definition) is 3. The molecule has 1 aliphatic rings. The fourth-order valence-electron chi connectivity index (χ4n) is 2.89. The number of anilines is 1. The lowest BCUT2D eigenvalue weighted by atomic mass is 10.0. The molecule has 1 fully saturated rings. The van der Waals surface area contributed by atoms with Crippen molar-refractivity contribution in [1.29, 1.82) is 0 Å². The fraction of sp³-hybridized carbons (Fsp3) is 0.556. The molecule has 1 saturated heterocycles. The lowest BCUT2D eigenvalue weighted by molar-refractivity contribution is -0.138. The molecule has 25 heavy (non-hydrogen) atoms. The van der Waals surface area contributed by atoms with Gasteiger partial charge in [0.05, 0.1) is 10.7 Å². The maximum Gasteiger partial charge on any atom is 0.239 e. The van der Waals surface area contributed by atoms with Gasteiger partial charge >= 0.3 is 0 Å². The standard InChI is InChI=1S/C18H25Cl2N3O2/c1-11(2)15(21)7-8-22(3)17(24)13-6-9-23(18(13)25)16-10-12(19)4-5-14(16)20/h4-5,10-11,13,15H,6-9,21H2,1-3H3. The van der Waals surface area contributed by atoms with E-state index in [0.717, 1.165) is 0 Å². The second-order valence-electron chi connectivity index (χ2n) is 6.88. The molecule has 2 unspecified atom stereocenters. The number of rotatable bonds is 6. The second kappa shape index (κ2) is 8.39. The highest BCUT2D eigenvalue weighted by Gasteiger charge is 2.39. The zero-order chi connectivity index (χ0) is 18.7. The van der Waals surface area contributed by atoms with Crippen LogP contribution in [0.4, 0.5) is 5.69 Å². The van der Waals surface area contributed by atoms with Gasteiger partial charge < -0.3 is 15.5 Å². The number of carbonyl (C=O) groups excluding carboxylic acids is 2. The van der Waals surface area contributed by atoms with E-state index in [1.807, 2.05) is 0 Å². The van der Waals surface area contributed by atoms with Crippen molar-refractivity contribution in [1.82, 2.24) is 4.90 Å². The maximum absolute atomic E-state index is 12.7. The minimum Gasteiger partial charge on any atom is -0.345 e. The maximum atomic E-state index is 12.7. The summed E-state index contributed by atoms with van der Waals surface area (Å²) in [6.45, 7) is 5.10. The van der Waals surface area contributed by atoms with Crippen LogP contribution in [0.2, 0.25) is 10.0 Å². The third-order valence-electron chi connectivity index (χ3n) is 4.73. The molecular formula is C18H25Cl2N3O2. The molecule has 0 spiro atoms. The van der Waals surface area contributed by atoms with E-state index < -0.39 is 5.92 Å². The largest absolute Gasteiger partial charge is 0.345 e. The highest BCUT2D eigenvalue weighted by molar-refractivity contribution is 6.36. The van der Waals surface area contributed by atoms with Crippen molar-refractivity contribution in [3.05, 3.63) is 28.2 Å². The van der Waals surface area contributed by atoms with Gasteiger partial charge in [-0.2, -0.15) is 0 Å². The summed E-state index contributed by atoms with van der Waals surface area (Å²) in [5.41, 5.74) is 6.59. The van der Waals surface area contributed by atoms with Gasteiger partial charge in [0.15, 0.2) is 0 Å². The van der Waals surface area contributed by atoms with Crippen LogP contribution in [0, 0.1) is 11.8 Å². The number of halogens is 2. The summed E-state index contributed by atoms with van der Waals surface area (Å²) in [6.07, 6.45) is 1.19. The average molecular weight is 386 g/mol. The summed E-state index contributed by atoms with van der Waals surface area (Å²) in [6, 6.07) is 5.01. The summed E-state index contributed by atoms with van der Waals surface area (Å²) in [4.78, 5) is 28.5. The van der Waals surface area contributed by atoms with Crippen LogP contribution in [0.3, 0.4) is 0 Å². The monoisotopic (exact) mass is 385 g/mol. The molecule has 7 heteroatoms. The van der Waals surface area contributed by atoms with E-state index in [9.17, 15) is 9.59 Å². The number of amides is 2. The van der Waals surface area contributed by atoms with Crippen molar-refractivity contribution in [2.45, 2.75) is 32.7 Å². The van der Waals surface area contributed by atoms with Crippen molar-refractivity contribution in [2.75, 3.05) is 25.0 Å². The van der Waals surface area contributed by atoms with Crippen LogP contribution < -0.4 is 10.6 Å². The SMILES string of the molecule is CC(C)C(N)CCN(C)C(=O)C1CCN(c2cc(Cl)ccc2Cl)C1=O. The average Bonchev–Trinajstić information content (AvgIpc) is 2.95. The van der Waals surface area contributed by atoms with E-state index in [0.29, 0.717) is 47.6 Å². The van der Waals surface area contributed by atoms with Crippen LogP contribution in [-0.4, -0.2) is 42.9 Å². The van der Waals surface area contributed by atoms with Crippen LogP contribution >= 0.6 is 23.2 Å².